The topological polar surface area (TPSA) is 81.7 Å². The Kier molecular flexibility index (Phi) is 3.63. The Labute approximate surface area is 122 Å². The third-order valence-corrected chi connectivity index (χ3v) is 2.92. The highest BCUT2D eigenvalue weighted by Crippen LogP contribution is 2.15. The van der Waals surface area contributed by atoms with Crippen molar-refractivity contribution < 1.29 is 4.42 Å². The minimum absolute atomic E-state index is 0.215. The van der Waals surface area contributed by atoms with E-state index in [0.29, 0.717) is 18.5 Å². The number of anilines is 1. The molecule has 1 N–H and O–H groups in total. The van der Waals surface area contributed by atoms with Gasteiger partial charge in [-0.3, -0.25) is 0 Å². The fraction of sp³-hybridized carbons (Fsp3) is 0.286. The molecule has 0 aliphatic heterocycles. The monoisotopic (exact) mass is 284 g/mol. The summed E-state index contributed by atoms with van der Waals surface area (Å²) in [4.78, 5) is 0. The number of nitrogens with one attached hydrogen (secondary N) is 1. The van der Waals surface area contributed by atoms with Gasteiger partial charge in [-0.05, 0) is 12.1 Å². The molecule has 3 aromatic rings. The van der Waals surface area contributed by atoms with Crippen LogP contribution in [0.25, 0.3) is 5.69 Å². The zero-order valence-corrected chi connectivity index (χ0v) is 11.9. The maximum atomic E-state index is 5.47. The summed E-state index contributed by atoms with van der Waals surface area (Å²) in [6.45, 7) is 4.48. The van der Waals surface area contributed by atoms with Crippen LogP contribution < -0.4 is 5.32 Å². The molecule has 0 unspecified atom stereocenters. The molecule has 2 heterocycles. The fourth-order valence-corrected chi connectivity index (χ4v) is 1.79. The first kappa shape index (κ1) is 13.3. The molecule has 0 aliphatic carbocycles. The van der Waals surface area contributed by atoms with E-state index in [1.165, 1.54) is 0 Å². The van der Waals surface area contributed by atoms with Gasteiger partial charge in [0.25, 0.3) is 0 Å². The number of rotatable bonds is 5. The van der Waals surface area contributed by atoms with Crippen LogP contribution >= 0.6 is 0 Å². The summed E-state index contributed by atoms with van der Waals surface area (Å²) in [6.07, 6.45) is 1.86. The van der Waals surface area contributed by atoms with Gasteiger partial charge in [-0.15, -0.1) is 10.2 Å². The summed E-state index contributed by atoms with van der Waals surface area (Å²) in [5.41, 5.74) is 1.76. The van der Waals surface area contributed by atoms with Gasteiger partial charge in [0.1, 0.15) is 5.69 Å². The van der Waals surface area contributed by atoms with E-state index < -0.39 is 0 Å². The highest BCUT2D eigenvalue weighted by Gasteiger charge is 2.10. The number of aromatic nitrogens is 5. The first-order valence-corrected chi connectivity index (χ1v) is 6.76. The number of hydrogen-bond donors (Lipinski definition) is 1. The molecule has 7 nitrogen and oxygen atoms in total. The van der Waals surface area contributed by atoms with Crippen LogP contribution in [0.2, 0.25) is 0 Å². The normalized spacial score (nSPS) is 11.0. The smallest absolute Gasteiger partial charge is 0.315 e. The maximum absolute atomic E-state index is 5.47. The first-order valence-electron chi connectivity index (χ1n) is 6.76. The minimum atomic E-state index is 0.215. The molecule has 0 aliphatic rings. The molecule has 0 saturated carbocycles. The van der Waals surface area contributed by atoms with Crippen LogP contribution in [0, 0.1) is 0 Å². The van der Waals surface area contributed by atoms with E-state index in [1.54, 1.807) is 4.68 Å². The second-order valence-electron chi connectivity index (χ2n) is 4.94. The summed E-state index contributed by atoms with van der Waals surface area (Å²) in [5.74, 6) is 0.831. The van der Waals surface area contributed by atoms with Gasteiger partial charge in [0, 0.05) is 5.92 Å². The van der Waals surface area contributed by atoms with Gasteiger partial charge in [0.05, 0.1) is 18.4 Å². The summed E-state index contributed by atoms with van der Waals surface area (Å²) >= 11 is 0. The Morgan fingerprint density at radius 3 is 2.67 bits per heavy atom. The molecule has 21 heavy (non-hydrogen) atoms. The molecular weight excluding hydrogens is 268 g/mol. The third-order valence-electron chi connectivity index (χ3n) is 2.92. The summed E-state index contributed by atoms with van der Waals surface area (Å²) in [7, 11) is 0. The molecule has 108 valence electrons. The lowest BCUT2D eigenvalue weighted by molar-refractivity contribution is 0.480. The van der Waals surface area contributed by atoms with Crippen molar-refractivity contribution in [2.24, 2.45) is 0 Å². The Bertz CT molecular complexity index is 703. The standard InChI is InChI=1S/C14H16N6O/c1-10(2)13-17-18-14(21-13)15-8-11-9-20(19-16-11)12-6-4-3-5-7-12/h3-7,9-10H,8H2,1-2H3,(H,15,18). The first-order chi connectivity index (χ1) is 10.2. The van der Waals surface area contributed by atoms with Crippen molar-refractivity contribution in [3.05, 3.63) is 48.1 Å². The van der Waals surface area contributed by atoms with Gasteiger partial charge in [-0.25, -0.2) is 4.68 Å². The number of hydrogen-bond acceptors (Lipinski definition) is 6. The van der Waals surface area contributed by atoms with Crippen molar-refractivity contribution in [2.45, 2.75) is 26.3 Å². The molecule has 0 saturated heterocycles. The lowest BCUT2D eigenvalue weighted by Crippen LogP contribution is -1.99. The van der Waals surface area contributed by atoms with E-state index >= 15 is 0 Å². The van der Waals surface area contributed by atoms with Crippen molar-refractivity contribution >= 4 is 6.01 Å². The van der Waals surface area contributed by atoms with Crippen molar-refractivity contribution in [1.82, 2.24) is 25.2 Å². The van der Waals surface area contributed by atoms with Crippen LogP contribution in [0.15, 0.2) is 40.9 Å². The molecule has 7 heteroatoms. The van der Waals surface area contributed by atoms with Gasteiger partial charge in [-0.1, -0.05) is 42.4 Å². The average molecular weight is 284 g/mol. The highest BCUT2D eigenvalue weighted by molar-refractivity contribution is 5.30. The van der Waals surface area contributed by atoms with E-state index in [2.05, 4.69) is 25.8 Å². The van der Waals surface area contributed by atoms with Gasteiger partial charge in [0.15, 0.2) is 0 Å². The Balaban J connectivity index is 1.65. The van der Waals surface area contributed by atoms with Crippen molar-refractivity contribution in [2.75, 3.05) is 5.32 Å². The number of nitrogens with zero attached hydrogens (tertiary/aromatic N) is 5. The Morgan fingerprint density at radius 1 is 1.14 bits per heavy atom. The van der Waals surface area contributed by atoms with Gasteiger partial charge in [0.2, 0.25) is 5.89 Å². The zero-order valence-electron chi connectivity index (χ0n) is 11.9. The lowest BCUT2D eigenvalue weighted by atomic mass is 10.2. The van der Waals surface area contributed by atoms with Crippen LogP contribution in [0.1, 0.15) is 31.4 Å². The van der Waals surface area contributed by atoms with Crippen LogP contribution in [-0.4, -0.2) is 25.2 Å². The summed E-state index contributed by atoms with van der Waals surface area (Å²) < 4.78 is 7.20. The zero-order chi connectivity index (χ0) is 14.7. The summed E-state index contributed by atoms with van der Waals surface area (Å²) in [6, 6.07) is 10.2. The predicted molar refractivity (Wildman–Crippen MR) is 77.1 cm³/mol. The Morgan fingerprint density at radius 2 is 1.95 bits per heavy atom. The van der Waals surface area contributed by atoms with Crippen LogP contribution in [-0.2, 0) is 6.54 Å². The quantitative estimate of drug-likeness (QED) is 0.774. The van der Waals surface area contributed by atoms with Gasteiger partial charge in [-0.2, -0.15) is 0 Å². The second kappa shape index (κ2) is 5.74. The number of para-hydroxylation sites is 1. The average Bonchev–Trinajstić information content (AvgIpc) is 3.15. The molecule has 0 amide bonds. The fourth-order valence-electron chi connectivity index (χ4n) is 1.79. The van der Waals surface area contributed by atoms with E-state index in [4.69, 9.17) is 4.42 Å². The molecule has 0 atom stereocenters. The molecule has 0 bridgehead atoms. The highest BCUT2D eigenvalue weighted by atomic mass is 16.4. The van der Waals surface area contributed by atoms with Crippen LogP contribution in [0.5, 0.6) is 0 Å². The molecule has 0 radical (unpaired) electrons. The maximum Gasteiger partial charge on any atom is 0.315 e. The van der Waals surface area contributed by atoms with Crippen LogP contribution in [0.3, 0.4) is 0 Å². The number of benzene rings is 1. The lowest BCUT2D eigenvalue weighted by Gasteiger charge is -1.98. The molecule has 2 aromatic heterocycles. The largest absolute Gasteiger partial charge is 0.408 e. The molecular formula is C14H16N6O. The van der Waals surface area contributed by atoms with E-state index in [9.17, 15) is 0 Å². The summed E-state index contributed by atoms with van der Waals surface area (Å²) in [5, 5.41) is 19.1. The second-order valence-corrected chi connectivity index (χ2v) is 4.94. The predicted octanol–water partition coefficient (Wildman–Crippen LogP) is 2.39. The molecule has 3 rings (SSSR count). The Hall–Kier alpha value is -2.70. The minimum Gasteiger partial charge on any atom is -0.408 e. The van der Waals surface area contributed by atoms with E-state index in [0.717, 1.165) is 11.4 Å². The van der Waals surface area contributed by atoms with Gasteiger partial charge < -0.3 is 9.73 Å². The van der Waals surface area contributed by atoms with E-state index in [-0.39, 0.29) is 5.92 Å². The SMILES string of the molecule is CC(C)c1nnc(NCc2cn(-c3ccccc3)nn2)o1. The van der Waals surface area contributed by atoms with Crippen LogP contribution in [0.4, 0.5) is 6.01 Å². The van der Waals surface area contributed by atoms with Crippen molar-refractivity contribution in [3.63, 3.8) is 0 Å². The van der Waals surface area contributed by atoms with Crippen molar-refractivity contribution in [1.29, 1.82) is 0 Å². The molecule has 0 spiro atoms. The molecule has 1 aromatic carbocycles. The van der Waals surface area contributed by atoms with E-state index in [1.807, 2.05) is 50.4 Å². The van der Waals surface area contributed by atoms with Crippen molar-refractivity contribution in [3.8, 4) is 5.69 Å². The molecule has 0 fully saturated rings. The van der Waals surface area contributed by atoms with Gasteiger partial charge >= 0.3 is 6.01 Å². The third kappa shape index (κ3) is 3.07.